The zero-order valence-corrected chi connectivity index (χ0v) is 9.90. The first-order chi connectivity index (χ1) is 7.72. The van der Waals surface area contributed by atoms with Crippen molar-refractivity contribution in [2.45, 2.75) is 26.3 Å². The lowest BCUT2D eigenvalue weighted by Crippen LogP contribution is -2.20. The average Bonchev–Trinajstić information content (AvgIpc) is 2.36. The van der Waals surface area contributed by atoms with E-state index in [2.05, 4.69) is 13.8 Å². The van der Waals surface area contributed by atoms with Crippen LogP contribution in [-0.2, 0) is 0 Å². The Kier molecular flexibility index (Phi) is 3.34. The van der Waals surface area contributed by atoms with Gasteiger partial charge in [-0.05, 0) is 23.6 Å². The Balaban J connectivity index is 2.22. The predicted octanol–water partition coefficient (Wildman–Crippen LogP) is 2.50. The van der Waals surface area contributed by atoms with Crippen molar-refractivity contribution in [3.63, 3.8) is 0 Å². The second-order valence-corrected chi connectivity index (χ2v) is 4.31. The van der Waals surface area contributed by atoms with Crippen LogP contribution in [0.15, 0.2) is 18.2 Å². The van der Waals surface area contributed by atoms with E-state index in [1.807, 2.05) is 18.2 Å². The van der Waals surface area contributed by atoms with Gasteiger partial charge in [0.2, 0.25) is 0 Å². The molecule has 2 atom stereocenters. The summed E-state index contributed by atoms with van der Waals surface area (Å²) >= 11 is 0. The van der Waals surface area contributed by atoms with E-state index in [0.29, 0.717) is 19.1 Å². The summed E-state index contributed by atoms with van der Waals surface area (Å²) in [5, 5.41) is 0. The fraction of sp³-hybridized carbons (Fsp3) is 0.538. The van der Waals surface area contributed by atoms with Crippen molar-refractivity contribution in [1.29, 1.82) is 0 Å². The van der Waals surface area contributed by atoms with Gasteiger partial charge in [0.1, 0.15) is 13.2 Å². The molecule has 0 fully saturated rings. The van der Waals surface area contributed by atoms with Gasteiger partial charge in [0.15, 0.2) is 11.5 Å². The van der Waals surface area contributed by atoms with E-state index in [-0.39, 0.29) is 6.04 Å². The molecule has 3 heteroatoms. The van der Waals surface area contributed by atoms with Gasteiger partial charge in [0.25, 0.3) is 0 Å². The van der Waals surface area contributed by atoms with Crippen LogP contribution in [0, 0.1) is 5.92 Å². The monoisotopic (exact) mass is 221 g/mol. The zero-order chi connectivity index (χ0) is 11.5. The fourth-order valence-electron chi connectivity index (χ4n) is 1.85. The largest absolute Gasteiger partial charge is 0.486 e. The summed E-state index contributed by atoms with van der Waals surface area (Å²) in [5.41, 5.74) is 7.31. The smallest absolute Gasteiger partial charge is 0.161 e. The summed E-state index contributed by atoms with van der Waals surface area (Å²) in [6.07, 6.45) is 1.08. The summed E-state index contributed by atoms with van der Waals surface area (Å²) in [6.45, 7) is 5.57. The van der Waals surface area contributed by atoms with E-state index in [9.17, 15) is 0 Å². The molecule has 0 amide bonds. The van der Waals surface area contributed by atoms with Crippen LogP contribution in [0.25, 0.3) is 0 Å². The quantitative estimate of drug-likeness (QED) is 0.853. The highest BCUT2D eigenvalue weighted by Crippen LogP contribution is 2.33. The second kappa shape index (κ2) is 4.74. The van der Waals surface area contributed by atoms with Gasteiger partial charge in [-0.3, -0.25) is 0 Å². The van der Waals surface area contributed by atoms with Crippen molar-refractivity contribution in [3.8, 4) is 11.5 Å². The first-order valence-corrected chi connectivity index (χ1v) is 5.87. The maximum atomic E-state index is 6.19. The van der Waals surface area contributed by atoms with Crippen molar-refractivity contribution < 1.29 is 9.47 Å². The molecule has 1 aromatic carbocycles. The number of fused-ring (bicyclic) bond motifs is 1. The van der Waals surface area contributed by atoms with E-state index < -0.39 is 0 Å². The fourth-order valence-corrected chi connectivity index (χ4v) is 1.85. The van der Waals surface area contributed by atoms with Crippen molar-refractivity contribution in [3.05, 3.63) is 23.8 Å². The molecule has 16 heavy (non-hydrogen) atoms. The first kappa shape index (κ1) is 11.3. The Morgan fingerprint density at radius 3 is 2.62 bits per heavy atom. The number of benzene rings is 1. The molecule has 0 spiro atoms. The van der Waals surface area contributed by atoms with Crippen LogP contribution in [0.5, 0.6) is 11.5 Å². The summed E-state index contributed by atoms with van der Waals surface area (Å²) < 4.78 is 11.0. The molecule has 0 radical (unpaired) electrons. The molecular formula is C13H19NO2. The van der Waals surface area contributed by atoms with Crippen LogP contribution in [0.4, 0.5) is 0 Å². The predicted molar refractivity (Wildman–Crippen MR) is 63.8 cm³/mol. The summed E-state index contributed by atoms with van der Waals surface area (Å²) in [6, 6.07) is 6.06. The lowest BCUT2D eigenvalue weighted by Gasteiger charge is -2.22. The molecule has 88 valence electrons. The minimum atomic E-state index is 0.0702. The van der Waals surface area contributed by atoms with Gasteiger partial charge >= 0.3 is 0 Å². The number of hydrogen-bond acceptors (Lipinski definition) is 3. The van der Waals surface area contributed by atoms with E-state index in [1.165, 1.54) is 0 Å². The van der Waals surface area contributed by atoms with Crippen LogP contribution in [0.1, 0.15) is 31.9 Å². The van der Waals surface area contributed by atoms with Gasteiger partial charge in [-0.1, -0.05) is 26.3 Å². The molecule has 1 heterocycles. The summed E-state index contributed by atoms with van der Waals surface area (Å²) in [5.74, 6) is 2.12. The minimum absolute atomic E-state index is 0.0702. The molecule has 1 aliphatic heterocycles. The molecule has 0 saturated carbocycles. The molecule has 2 N–H and O–H groups in total. The average molecular weight is 221 g/mol. The van der Waals surface area contributed by atoms with E-state index in [1.54, 1.807) is 0 Å². The summed E-state index contributed by atoms with van der Waals surface area (Å²) in [4.78, 5) is 0. The lowest BCUT2D eigenvalue weighted by molar-refractivity contribution is 0.171. The summed E-state index contributed by atoms with van der Waals surface area (Å²) in [7, 11) is 0. The van der Waals surface area contributed by atoms with Crippen molar-refractivity contribution in [2.75, 3.05) is 13.2 Å². The van der Waals surface area contributed by atoms with Gasteiger partial charge in [-0.25, -0.2) is 0 Å². The molecule has 0 bridgehead atoms. The Bertz CT molecular complexity index is 365. The number of hydrogen-bond donors (Lipinski definition) is 1. The zero-order valence-electron chi connectivity index (χ0n) is 9.90. The van der Waals surface area contributed by atoms with Crippen LogP contribution in [0.2, 0.25) is 0 Å². The highest BCUT2D eigenvalue weighted by Gasteiger charge is 2.17. The first-order valence-electron chi connectivity index (χ1n) is 5.87. The van der Waals surface area contributed by atoms with Gasteiger partial charge in [-0.15, -0.1) is 0 Å². The third-order valence-electron chi connectivity index (χ3n) is 3.21. The maximum absolute atomic E-state index is 6.19. The Hall–Kier alpha value is -1.22. The molecule has 3 nitrogen and oxygen atoms in total. The Morgan fingerprint density at radius 2 is 1.94 bits per heavy atom. The number of ether oxygens (including phenoxy) is 2. The van der Waals surface area contributed by atoms with Crippen LogP contribution < -0.4 is 15.2 Å². The van der Waals surface area contributed by atoms with Crippen LogP contribution in [-0.4, -0.2) is 13.2 Å². The normalized spacial score (nSPS) is 17.9. The lowest BCUT2D eigenvalue weighted by atomic mass is 9.93. The SMILES string of the molecule is CCC(C)[C@H](N)c1ccc2c(c1)OCCO2. The molecule has 1 aliphatic rings. The van der Waals surface area contributed by atoms with Crippen molar-refractivity contribution in [2.24, 2.45) is 11.7 Å². The standard InChI is InChI=1S/C13H19NO2/c1-3-9(2)13(14)10-4-5-11-12(8-10)16-7-6-15-11/h4-5,8-9,13H,3,6-7,14H2,1-2H3/t9?,13-/m0/s1. The van der Waals surface area contributed by atoms with E-state index in [4.69, 9.17) is 15.2 Å². The van der Waals surface area contributed by atoms with Crippen LogP contribution >= 0.6 is 0 Å². The molecule has 0 aromatic heterocycles. The number of rotatable bonds is 3. The van der Waals surface area contributed by atoms with Gasteiger partial charge < -0.3 is 15.2 Å². The second-order valence-electron chi connectivity index (χ2n) is 4.31. The minimum Gasteiger partial charge on any atom is -0.486 e. The van der Waals surface area contributed by atoms with E-state index in [0.717, 1.165) is 23.5 Å². The molecule has 0 aliphatic carbocycles. The highest BCUT2D eigenvalue weighted by molar-refractivity contribution is 5.44. The van der Waals surface area contributed by atoms with E-state index >= 15 is 0 Å². The van der Waals surface area contributed by atoms with Gasteiger partial charge in [0.05, 0.1) is 0 Å². The Labute approximate surface area is 96.5 Å². The van der Waals surface area contributed by atoms with Gasteiger partial charge in [-0.2, -0.15) is 0 Å². The molecule has 0 saturated heterocycles. The molecule has 1 aromatic rings. The van der Waals surface area contributed by atoms with Crippen molar-refractivity contribution in [1.82, 2.24) is 0 Å². The molecule has 2 rings (SSSR count). The Morgan fingerprint density at radius 1 is 1.25 bits per heavy atom. The molecular weight excluding hydrogens is 202 g/mol. The highest BCUT2D eigenvalue weighted by atomic mass is 16.6. The van der Waals surface area contributed by atoms with Crippen LogP contribution in [0.3, 0.4) is 0 Å². The number of nitrogens with two attached hydrogens (primary N) is 1. The third kappa shape index (κ3) is 2.14. The molecule has 1 unspecified atom stereocenters. The maximum Gasteiger partial charge on any atom is 0.161 e. The van der Waals surface area contributed by atoms with Gasteiger partial charge in [0, 0.05) is 6.04 Å². The topological polar surface area (TPSA) is 44.5 Å². The van der Waals surface area contributed by atoms with Crippen molar-refractivity contribution >= 4 is 0 Å². The third-order valence-corrected chi connectivity index (χ3v) is 3.21.